The molecular weight excluding hydrogens is 273 g/mol. The minimum Gasteiger partial charge on any atom is -0.467 e. The monoisotopic (exact) mass is 282 g/mol. The van der Waals surface area contributed by atoms with Crippen LogP contribution >= 0.6 is 11.6 Å². The van der Waals surface area contributed by atoms with Gasteiger partial charge in [-0.1, -0.05) is 11.6 Å². The quantitative estimate of drug-likeness (QED) is 0.471. The van der Waals surface area contributed by atoms with Crippen molar-refractivity contribution in [3.8, 4) is 5.75 Å². The minimum absolute atomic E-state index is 0.133. The Bertz CT molecular complexity index is 432. The number of alkyl halides is 3. The summed E-state index contributed by atoms with van der Waals surface area (Å²) in [6.45, 7) is -0.702. The van der Waals surface area contributed by atoms with Gasteiger partial charge in [-0.3, -0.25) is 4.79 Å². The van der Waals surface area contributed by atoms with Crippen molar-refractivity contribution in [2.24, 2.45) is 0 Å². The van der Waals surface area contributed by atoms with Gasteiger partial charge in [0.25, 0.3) is 0 Å². The molecule has 0 bridgehead atoms. The third-order valence-electron chi connectivity index (χ3n) is 1.88. The molecule has 0 fully saturated rings. The summed E-state index contributed by atoms with van der Waals surface area (Å²) < 4.78 is 44.6. The molecule has 7 heteroatoms. The van der Waals surface area contributed by atoms with E-state index in [1.54, 1.807) is 0 Å². The maximum atomic E-state index is 11.8. The fraction of sp³-hybridized carbons (Fsp3) is 0.364. The highest BCUT2D eigenvalue weighted by Crippen LogP contribution is 2.23. The van der Waals surface area contributed by atoms with Gasteiger partial charge >= 0.3 is 6.18 Å². The van der Waals surface area contributed by atoms with E-state index in [0.29, 0.717) is 5.02 Å². The molecule has 1 aromatic carbocycles. The molecule has 0 saturated carbocycles. The van der Waals surface area contributed by atoms with Crippen molar-refractivity contribution in [1.82, 2.24) is 0 Å². The Morgan fingerprint density at radius 1 is 1.39 bits per heavy atom. The van der Waals surface area contributed by atoms with Gasteiger partial charge in [-0.15, -0.1) is 0 Å². The van der Waals surface area contributed by atoms with Crippen LogP contribution in [0.5, 0.6) is 5.75 Å². The molecule has 0 heterocycles. The zero-order valence-electron chi connectivity index (χ0n) is 9.38. The molecule has 0 unspecified atom stereocenters. The normalized spacial score (nSPS) is 11.4. The van der Waals surface area contributed by atoms with E-state index in [9.17, 15) is 18.0 Å². The number of Topliss-reactive ketones (excluding diaryl/α,β-unsaturated/α-hetero) is 1. The lowest BCUT2D eigenvalue weighted by Gasteiger charge is -2.11. The van der Waals surface area contributed by atoms with Gasteiger partial charge in [0.15, 0.2) is 12.6 Å². The second-order valence-electron chi connectivity index (χ2n) is 3.42. The summed E-state index contributed by atoms with van der Waals surface area (Å²) in [5.41, 5.74) is 0.193. The molecule has 0 aromatic heterocycles. The van der Waals surface area contributed by atoms with Gasteiger partial charge in [-0.05, 0) is 25.1 Å². The van der Waals surface area contributed by atoms with E-state index in [-0.39, 0.29) is 17.1 Å². The second kappa shape index (κ2) is 6.06. The summed E-state index contributed by atoms with van der Waals surface area (Å²) in [6, 6.07) is 4.24. The number of ketones is 1. The van der Waals surface area contributed by atoms with Crippen molar-refractivity contribution in [3.05, 3.63) is 28.8 Å². The molecule has 100 valence electrons. The summed E-state index contributed by atoms with van der Waals surface area (Å²) in [4.78, 5) is 11.3. The van der Waals surface area contributed by atoms with Crippen LogP contribution in [0.15, 0.2) is 18.2 Å². The number of carbonyl (C=O) groups is 1. The molecular formula is C11H10ClF3O3. The minimum atomic E-state index is -4.41. The standard InChI is InChI=1S/C11H10ClF3O3/c1-7(16)9-4-8(12)2-3-10(9)18-6-17-5-11(13,14)15/h2-4H,5-6H2,1H3. The van der Waals surface area contributed by atoms with Gasteiger partial charge in [-0.25, -0.2) is 0 Å². The van der Waals surface area contributed by atoms with E-state index in [0.717, 1.165) is 0 Å². The zero-order valence-corrected chi connectivity index (χ0v) is 10.1. The first kappa shape index (κ1) is 14.8. The van der Waals surface area contributed by atoms with E-state index in [1.165, 1.54) is 25.1 Å². The Kier molecular flexibility index (Phi) is 4.98. The summed E-state index contributed by atoms with van der Waals surface area (Å²) in [6.07, 6.45) is -4.41. The average Bonchev–Trinajstić information content (AvgIpc) is 2.24. The maximum Gasteiger partial charge on any atom is 0.411 e. The summed E-state index contributed by atoms with van der Waals surface area (Å²) in [5.74, 6) is -0.169. The summed E-state index contributed by atoms with van der Waals surface area (Å²) in [7, 11) is 0. The molecule has 0 aliphatic heterocycles. The first-order chi connectivity index (χ1) is 8.29. The molecule has 3 nitrogen and oxygen atoms in total. The predicted molar refractivity (Wildman–Crippen MR) is 59.0 cm³/mol. The number of rotatable bonds is 5. The highest BCUT2D eigenvalue weighted by Gasteiger charge is 2.27. The van der Waals surface area contributed by atoms with Crippen LogP contribution in [0.4, 0.5) is 13.2 Å². The lowest BCUT2D eigenvalue weighted by molar-refractivity contribution is -0.186. The third kappa shape index (κ3) is 4.93. The first-order valence-electron chi connectivity index (χ1n) is 4.87. The fourth-order valence-electron chi connectivity index (χ4n) is 1.17. The Morgan fingerprint density at radius 2 is 2.06 bits per heavy atom. The van der Waals surface area contributed by atoms with E-state index >= 15 is 0 Å². The molecule has 0 aliphatic rings. The van der Waals surface area contributed by atoms with E-state index in [1.807, 2.05) is 0 Å². The lowest BCUT2D eigenvalue weighted by atomic mass is 10.1. The molecule has 0 aliphatic carbocycles. The van der Waals surface area contributed by atoms with E-state index < -0.39 is 19.6 Å². The van der Waals surface area contributed by atoms with E-state index in [4.69, 9.17) is 16.3 Å². The molecule has 1 rings (SSSR count). The van der Waals surface area contributed by atoms with Gasteiger partial charge in [0.05, 0.1) is 5.56 Å². The van der Waals surface area contributed by atoms with E-state index in [2.05, 4.69) is 4.74 Å². The van der Waals surface area contributed by atoms with Crippen molar-refractivity contribution >= 4 is 17.4 Å². The molecule has 0 N–H and O–H groups in total. The van der Waals surface area contributed by atoms with Gasteiger partial charge in [-0.2, -0.15) is 13.2 Å². The van der Waals surface area contributed by atoms with Gasteiger partial charge in [0.2, 0.25) is 0 Å². The van der Waals surface area contributed by atoms with Gasteiger partial charge < -0.3 is 9.47 Å². The van der Waals surface area contributed by atoms with Crippen LogP contribution in [0.3, 0.4) is 0 Å². The molecule has 1 aromatic rings. The Morgan fingerprint density at radius 3 is 2.61 bits per heavy atom. The van der Waals surface area contributed by atoms with Crippen LogP contribution < -0.4 is 4.74 Å². The molecule has 0 saturated heterocycles. The number of ether oxygens (including phenoxy) is 2. The SMILES string of the molecule is CC(=O)c1cc(Cl)ccc1OCOCC(F)(F)F. The van der Waals surface area contributed by atoms with Crippen LogP contribution in [0, 0.1) is 0 Å². The second-order valence-corrected chi connectivity index (χ2v) is 3.86. The number of carbonyl (C=O) groups excluding carboxylic acids is 1. The van der Waals surface area contributed by atoms with Crippen LogP contribution in [0.25, 0.3) is 0 Å². The highest BCUT2D eigenvalue weighted by molar-refractivity contribution is 6.31. The predicted octanol–water partition coefficient (Wildman–Crippen LogP) is 3.46. The fourth-order valence-corrected chi connectivity index (χ4v) is 1.34. The first-order valence-corrected chi connectivity index (χ1v) is 5.25. The van der Waals surface area contributed by atoms with Crippen molar-refractivity contribution in [3.63, 3.8) is 0 Å². The van der Waals surface area contributed by atoms with Crippen LogP contribution in [-0.2, 0) is 4.74 Å². The molecule has 0 radical (unpaired) electrons. The Balaban J connectivity index is 2.59. The lowest BCUT2D eigenvalue weighted by Crippen LogP contribution is -2.19. The Labute approximate surface area is 106 Å². The van der Waals surface area contributed by atoms with Crippen LogP contribution in [-0.4, -0.2) is 25.4 Å². The topological polar surface area (TPSA) is 35.5 Å². The van der Waals surface area contributed by atoms with Crippen molar-refractivity contribution < 1.29 is 27.4 Å². The summed E-state index contributed by atoms with van der Waals surface area (Å²) >= 11 is 5.69. The largest absolute Gasteiger partial charge is 0.467 e. The number of hydrogen-bond donors (Lipinski definition) is 0. The van der Waals surface area contributed by atoms with Crippen molar-refractivity contribution in [1.29, 1.82) is 0 Å². The summed E-state index contributed by atoms with van der Waals surface area (Å²) in [5, 5.41) is 0.337. The zero-order chi connectivity index (χ0) is 13.8. The number of benzene rings is 1. The van der Waals surface area contributed by atoms with Crippen LogP contribution in [0.1, 0.15) is 17.3 Å². The molecule has 18 heavy (non-hydrogen) atoms. The Hall–Kier alpha value is -1.27. The number of hydrogen-bond acceptors (Lipinski definition) is 3. The molecule has 0 spiro atoms. The van der Waals surface area contributed by atoms with Crippen LogP contribution in [0.2, 0.25) is 5.02 Å². The van der Waals surface area contributed by atoms with Crippen molar-refractivity contribution in [2.45, 2.75) is 13.1 Å². The van der Waals surface area contributed by atoms with Gasteiger partial charge in [0.1, 0.15) is 12.4 Å². The smallest absolute Gasteiger partial charge is 0.411 e. The third-order valence-corrected chi connectivity index (χ3v) is 2.12. The average molecular weight is 283 g/mol. The van der Waals surface area contributed by atoms with Crippen molar-refractivity contribution in [2.75, 3.05) is 13.4 Å². The molecule has 0 atom stereocenters. The van der Waals surface area contributed by atoms with Gasteiger partial charge in [0, 0.05) is 5.02 Å². The molecule has 0 amide bonds. The maximum absolute atomic E-state index is 11.8. The highest BCUT2D eigenvalue weighted by atomic mass is 35.5. The number of halogens is 4.